The highest BCUT2D eigenvalue weighted by Gasteiger charge is 2.30. The highest BCUT2D eigenvalue weighted by Crippen LogP contribution is 2.45. The van der Waals surface area contributed by atoms with Crippen molar-refractivity contribution < 1.29 is 80.2 Å². The van der Waals surface area contributed by atoms with Gasteiger partial charge in [0, 0.05) is 25.7 Å². The Morgan fingerprint density at radius 3 is 0.816 bits per heavy atom. The summed E-state index contributed by atoms with van der Waals surface area (Å²) in [7, 11) is -9.90. The summed E-state index contributed by atoms with van der Waals surface area (Å²) in [5.74, 6) is 0.835. The molecule has 87 heavy (non-hydrogen) atoms. The molecule has 0 fully saturated rings. The quantitative estimate of drug-likeness (QED) is 0.0222. The van der Waals surface area contributed by atoms with Crippen LogP contribution in [-0.2, 0) is 65.4 Å². The molecule has 0 aromatic rings. The van der Waals surface area contributed by atoms with Crippen LogP contribution in [0.4, 0.5) is 0 Å². The lowest BCUT2D eigenvalue weighted by atomic mass is 9.99. The second kappa shape index (κ2) is 57.9. The lowest BCUT2D eigenvalue weighted by Crippen LogP contribution is -2.30. The largest absolute Gasteiger partial charge is 0.472 e. The lowest BCUT2D eigenvalue weighted by molar-refractivity contribution is -0.161. The van der Waals surface area contributed by atoms with E-state index in [1.807, 2.05) is 0 Å². The van der Waals surface area contributed by atoms with Crippen molar-refractivity contribution in [2.24, 2.45) is 23.7 Å². The summed E-state index contributed by atoms with van der Waals surface area (Å²) in [5.41, 5.74) is 0. The average Bonchev–Trinajstić information content (AvgIpc) is 3.64. The summed E-state index contributed by atoms with van der Waals surface area (Å²) in [6.45, 7) is 14.0. The Balaban J connectivity index is 5.25. The van der Waals surface area contributed by atoms with E-state index in [4.69, 9.17) is 37.0 Å². The molecule has 0 radical (unpaired) electrons. The zero-order valence-electron chi connectivity index (χ0n) is 56.6. The molecule has 0 spiro atoms. The van der Waals surface area contributed by atoms with E-state index in [1.54, 1.807) is 0 Å². The third-order valence-corrected chi connectivity index (χ3v) is 17.8. The van der Waals surface area contributed by atoms with Gasteiger partial charge in [0.05, 0.1) is 26.4 Å². The maximum atomic E-state index is 13.0. The van der Waals surface area contributed by atoms with Crippen molar-refractivity contribution in [3.8, 4) is 0 Å². The van der Waals surface area contributed by atoms with Crippen LogP contribution in [0.5, 0.6) is 0 Å². The third-order valence-electron chi connectivity index (χ3n) is 15.9. The first kappa shape index (κ1) is 85.1. The van der Waals surface area contributed by atoms with Crippen LogP contribution < -0.4 is 0 Å². The zero-order valence-corrected chi connectivity index (χ0v) is 58.4. The highest BCUT2D eigenvalue weighted by atomic mass is 31.2. The lowest BCUT2D eigenvalue weighted by Gasteiger charge is -2.21. The highest BCUT2D eigenvalue weighted by molar-refractivity contribution is 7.47. The topological polar surface area (TPSA) is 237 Å². The van der Waals surface area contributed by atoms with Gasteiger partial charge >= 0.3 is 39.5 Å². The molecule has 0 bridgehead atoms. The molecule has 0 saturated carbocycles. The fourth-order valence-corrected chi connectivity index (χ4v) is 11.7. The molecule has 0 aliphatic heterocycles. The molecule has 0 amide bonds. The Bertz CT molecular complexity index is 1730. The second-order valence-corrected chi connectivity index (χ2v) is 29.1. The van der Waals surface area contributed by atoms with E-state index >= 15 is 0 Å². The molecule has 3 N–H and O–H groups in total. The van der Waals surface area contributed by atoms with Crippen LogP contribution in [0.3, 0.4) is 0 Å². The molecule has 0 aliphatic rings. The van der Waals surface area contributed by atoms with Crippen LogP contribution in [0.2, 0.25) is 0 Å². The van der Waals surface area contributed by atoms with E-state index in [1.165, 1.54) is 128 Å². The van der Waals surface area contributed by atoms with Crippen molar-refractivity contribution in [2.75, 3.05) is 39.6 Å². The molecule has 0 aliphatic carbocycles. The number of phosphoric ester groups is 2. The number of hydrogen-bond acceptors (Lipinski definition) is 15. The minimum atomic E-state index is -4.95. The molecule has 6 atom stereocenters. The van der Waals surface area contributed by atoms with Crippen molar-refractivity contribution in [2.45, 2.75) is 350 Å². The number of carbonyl (C=O) groups is 4. The monoisotopic (exact) mass is 1280 g/mol. The average molecular weight is 1280 g/mol. The number of carbonyl (C=O) groups excluding carboxylic acids is 4. The summed E-state index contributed by atoms with van der Waals surface area (Å²) in [6.07, 6.45) is 39.0. The summed E-state index contributed by atoms with van der Waals surface area (Å²) in [5, 5.41) is 10.6. The number of ether oxygens (including phenoxy) is 4. The molecular weight excluding hydrogens is 1150 g/mol. The molecule has 4 unspecified atom stereocenters. The van der Waals surface area contributed by atoms with Crippen molar-refractivity contribution in [3.63, 3.8) is 0 Å². The fourth-order valence-electron chi connectivity index (χ4n) is 10.1. The Hall–Kier alpha value is -1.94. The van der Waals surface area contributed by atoms with E-state index in [9.17, 15) is 43.2 Å². The molecule has 0 rings (SSSR count). The number of aliphatic hydroxyl groups is 1. The number of hydrogen-bond donors (Lipinski definition) is 3. The Labute approximate surface area is 530 Å². The van der Waals surface area contributed by atoms with Gasteiger partial charge in [0.2, 0.25) is 0 Å². The maximum Gasteiger partial charge on any atom is 0.472 e. The van der Waals surface area contributed by atoms with E-state index in [2.05, 4.69) is 55.4 Å². The van der Waals surface area contributed by atoms with Crippen LogP contribution in [0.25, 0.3) is 0 Å². The number of phosphoric acid groups is 2. The summed E-state index contributed by atoms with van der Waals surface area (Å²) < 4.78 is 68.2. The van der Waals surface area contributed by atoms with Gasteiger partial charge in [-0.25, -0.2) is 9.13 Å². The Morgan fingerprint density at radius 2 is 0.552 bits per heavy atom. The number of rotatable bonds is 65. The minimum Gasteiger partial charge on any atom is -0.462 e. The third kappa shape index (κ3) is 61.3. The molecule has 0 heterocycles. The van der Waals surface area contributed by atoms with Crippen LogP contribution >= 0.6 is 15.6 Å². The van der Waals surface area contributed by atoms with Gasteiger partial charge < -0.3 is 33.8 Å². The first-order valence-corrected chi connectivity index (χ1v) is 38.2. The normalized spacial score (nSPS) is 14.6. The van der Waals surface area contributed by atoms with E-state index < -0.39 is 97.5 Å². The summed E-state index contributed by atoms with van der Waals surface area (Å²) in [4.78, 5) is 72.4. The molecule has 0 aromatic heterocycles. The molecular formula is C68H132O17P2. The summed E-state index contributed by atoms with van der Waals surface area (Å²) >= 11 is 0. The van der Waals surface area contributed by atoms with Gasteiger partial charge in [-0.1, -0.05) is 280 Å². The standard InChI is InChI=1S/C68H132O17P2/c1-9-61(8)47-39-31-23-14-10-11-15-24-32-40-48-65(70)78-54-63(85-68(73)51-43-35-26-18-17-21-29-37-45-59(4)5)56-82-86(74,75)80-52-62(69)53-81-87(76,77)83-57-64(55-79-66(71)49-41-33-27-19-22-30-38-46-60(6)7)84-67(72)50-42-34-25-16-12-13-20-28-36-44-58(2)3/h58-64,69H,9-57H2,1-8H3,(H,74,75)(H,76,77)/t61?,62?,63-,64-/m1/s1. The second-order valence-electron chi connectivity index (χ2n) is 26.2. The summed E-state index contributed by atoms with van der Waals surface area (Å²) in [6, 6.07) is 0. The van der Waals surface area contributed by atoms with Crippen LogP contribution in [0, 0.1) is 23.7 Å². The smallest absolute Gasteiger partial charge is 0.462 e. The first-order chi connectivity index (χ1) is 41.6. The first-order valence-electron chi connectivity index (χ1n) is 35.2. The SMILES string of the molecule is CCC(C)CCCCCCCCCCCCC(=O)OC[C@H](COP(=O)(O)OCC(O)COP(=O)(O)OC[C@@H](COC(=O)CCCCCCCCCC(C)C)OC(=O)CCCCCCCCCCCC(C)C)OC(=O)CCCCCCCCCCC(C)C. The van der Waals surface area contributed by atoms with Crippen molar-refractivity contribution in [3.05, 3.63) is 0 Å². The van der Waals surface area contributed by atoms with Gasteiger partial charge in [0.25, 0.3) is 0 Å². The van der Waals surface area contributed by atoms with Crippen LogP contribution in [0.1, 0.15) is 331 Å². The Morgan fingerprint density at radius 1 is 0.322 bits per heavy atom. The Kier molecular flexibility index (Phi) is 56.6. The van der Waals surface area contributed by atoms with Crippen molar-refractivity contribution in [1.82, 2.24) is 0 Å². The van der Waals surface area contributed by atoms with Crippen LogP contribution in [-0.4, -0.2) is 96.7 Å². The predicted molar refractivity (Wildman–Crippen MR) is 349 cm³/mol. The number of aliphatic hydroxyl groups excluding tert-OH is 1. The van der Waals surface area contributed by atoms with Gasteiger partial charge in [-0.15, -0.1) is 0 Å². The van der Waals surface area contributed by atoms with Crippen LogP contribution in [0.15, 0.2) is 0 Å². The molecule has 17 nitrogen and oxygen atoms in total. The van der Waals surface area contributed by atoms with Crippen molar-refractivity contribution >= 4 is 39.5 Å². The maximum absolute atomic E-state index is 13.0. The number of esters is 4. The minimum absolute atomic E-state index is 0.104. The van der Waals surface area contributed by atoms with Gasteiger partial charge in [0.15, 0.2) is 12.2 Å². The fraction of sp³-hybridized carbons (Fsp3) is 0.941. The molecule has 0 saturated heterocycles. The van der Waals surface area contributed by atoms with Gasteiger partial charge in [-0.2, -0.15) is 0 Å². The van der Waals surface area contributed by atoms with Crippen molar-refractivity contribution in [1.29, 1.82) is 0 Å². The molecule has 516 valence electrons. The van der Waals surface area contributed by atoms with Gasteiger partial charge in [-0.3, -0.25) is 37.3 Å². The molecule has 0 aromatic carbocycles. The van der Waals surface area contributed by atoms with Gasteiger partial charge in [0.1, 0.15) is 19.3 Å². The van der Waals surface area contributed by atoms with Gasteiger partial charge in [-0.05, 0) is 49.4 Å². The number of unbranched alkanes of at least 4 members (excludes halogenated alkanes) is 30. The van der Waals surface area contributed by atoms with E-state index in [0.29, 0.717) is 31.6 Å². The zero-order chi connectivity index (χ0) is 64.7. The predicted octanol–water partition coefficient (Wildman–Crippen LogP) is 18.9. The van der Waals surface area contributed by atoms with E-state index in [0.717, 1.165) is 114 Å². The molecule has 19 heteroatoms. The van der Waals surface area contributed by atoms with E-state index in [-0.39, 0.29) is 25.7 Å².